The van der Waals surface area contributed by atoms with Crippen LogP contribution in [-0.4, -0.2) is 11.1 Å². The van der Waals surface area contributed by atoms with Crippen molar-refractivity contribution in [1.82, 2.24) is 0 Å². The van der Waals surface area contributed by atoms with E-state index in [-0.39, 0.29) is 6.42 Å². The lowest BCUT2D eigenvalue weighted by atomic mass is 10.1. The predicted octanol–water partition coefficient (Wildman–Crippen LogP) is 2.25. The molecule has 1 aromatic heterocycles. The summed E-state index contributed by atoms with van der Waals surface area (Å²) in [5.74, 6) is -0.748. The lowest BCUT2D eigenvalue weighted by Gasteiger charge is -1.95. The van der Waals surface area contributed by atoms with Crippen molar-refractivity contribution < 1.29 is 9.90 Å². The fourth-order valence-corrected chi connectivity index (χ4v) is 2.22. The number of carboxylic acid groups (broad SMARTS) is 1. The number of rotatable bonds is 3. The Bertz CT molecular complexity index is 289. The van der Waals surface area contributed by atoms with Crippen molar-refractivity contribution in [1.29, 1.82) is 0 Å². The second kappa shape index (κ2) is 3.72. The first-order valence-corrected chi connectivity index (χ1v) is 4.75. The van der Waals surface area contributed by atoms with Gasteiger partial charge in [-0.15, -0.1) is 11.3 Å². The van der Waals surface area contributed by atoms with Gasteiger partial charge in [0.2, 0.25) is 0 Å². The summed E-state index contributed by atoms with van der Waals surface area (Å²) in [5.41, 5.74) is 0.979. The Morgan fingerprint density at radius 2 is 2.33 bits per heavy atom. The van der Waals surface area contributed by atoms with E-state index >= 15 is 0 Å². The van der Waals surface area contributed by atoms with Crippen molar-refractivity contribution >= 4 is 17.3 Å². The average Bonchev–Trinajstić information content (AvgIpc) is 2.29. The van der Waals surface area contributed by atoms with Gasteiger partial charge in [-0.3, -0.25) is 4.79 Å². The molecule has 0 aliphatic rings. The standard InChI is InChI=1S/C9H12O2S/c1-3-8-7(5-9(10)11)4-6(2)12-8/h4H,3,5H2,1-2H3,(H,10,11). The Labute approximate surface area is 75.9 Å². The van der Waals surface area contributed by atoms with Crippen LogP contribution in [0.25, 0.3) is 0 Å². The summed E-state index contributed by atoms with van der Waals surface area (Å²) >= 11 is 1.69. The van der Waals surface area contributed by atoms with Crippen molar-refractivity contribution in [2.75, 3.05) is 0 Å². The third kappa shape index (κ3) is 2.08. The van der Waals surface area contributed by atoms with Crippen molar-refractivity contribution in [3.63, 3.8) is 0 Å². The van der Waals surface area contributed by atoms with Gasteiger partial charge in [-0.1, -0.05) is 6.92 Å². The second-order valence-corrected chi connectivity index (χ2v) is 4.07. The summed E-state index contributed by atoms with van der Waals surface area (Å²) in [6, 6.07) is 1.97. The lowest BCUT2D eigenvalue weighted by Crippen LogP contribution is -2.00. The van der Waals surface area contributed by atoms with Gasteiger partial charge in [0.05, 0.1) is 6.42 Å². The molecule has 0 aliphatic carbocycles. The van der Waals surface area contributed by atoms with Gasteiger partial charge in [-0.05, 0) is 25.0 Å². The molecule has 0 spiro atoms. The van der Waals surface area contributed by atoms with E-state index in [2.05, 4.69) is 6.92 Å². The number of aliphatic carboxylic acids is 1. The number of carboxylic acids is 1. The zero-order valence-electron chi connectivity index (χ0n) is 7.26. The third-order valence-electron chi connectivity index (χ3n) is 1.68. The molecular weight excluding hydrogens is 172 g/mol. The van der Waals surface area contributed by atoms with Crippen LogP contribution in [0.4, 0.5) is 0 Å². The minimum atomic E-state index is -0.748. The molecule has 0 unspecified atom stereocenters. The molecule has 0 amide bonds. The van der Waals surface area contributed by atoms with Crippen molar-refractivity contribution in [2.45, 2.75) is 26.7 Å². The van der Waals surface area contributed by atoms with Crippen molar-refractivity contribution in [2.24, 2.45) is 0 Å². The van der Waals surface area contributed by atoms with Crippen LogP contribution in [0.15, 0.2) is 6.07 Å². The van der Waals surface area contributed by atoms with Crippen LogP contribution in [0, 0.1) is 6.92 Å². The topological polar surface area (TPSA) is 37.3 Å². The van der Waals surface area contributed by atoms with Gasteiger partial charge in [0.25, 0.3) is 0 Å². The van der Waals surface area contributed by atoms with Crippen LogP contribution in [0.2, 0.25) is 0 Å². The largest absolute Gasteiger partial charge is 0.481 e. The monoisotopic (exact) mass is 184 g/mol. The Morgan fingerprint density at radius 3 is 2.83 bits per heavy atom. The van der Waals surface area contributed by atoms with E-state index in [4.69, 9.17) is 5.11 Å². The number of thiophene rings is 1. The van der Waals surface area contributed by atoms with Crippen LogP contribution in [0.3, 0.4) is 0 Å². The van der Waals surface area contributed by atoms with Gasteiger partial charge < -0.3 is 5.11 Å². The quantitative estimate of drug-likeness (QED) is 0.782. The molecule has 3 heteroatoms. The SMILES string of the molecule is CCc1sc(C)cc1CC(=O)O. The van der Waals surface area contributed by atoms with Crippen LogP contribution in [0.5, 0.6) is 0 Å². The van der Waals surface area contributed by atoms with Gasteiger partial charge in [0, 0.05) is 9.75 Å². The Balaban J connectivity index is 2.89. The van der Waals surface area contributed by atoms with E-state index in [0.29, 0.717) is 0 Å². The molecular formula is C9H12O2S. The molecule has 1 N–H and O–H groups in total. The van der Waals surface area contributed by atoms with E-state index in [1.165, 1.54) is 9.75 Å². The highest BCUT2D eigenvalue weighted by Gasteiger charge is 2.08. The molecule has 66 valence electrons. The molecule has 0 bridgehead atoms. The molecule has 1 rings (SSSR count). The normalized spacial score (nSPS) is 10.2. The minimum absolute atomic E-state index is 0.160. The van der Waals surface area contributed by atoms with Gasteiger partial charge in [-0.25, -0.2) is 0 Å². The van der Waals surface area contributed by atoms with Crippen LogP contribution in [0.1, 0.15) is 22.2 Å². The molecule has 0 aliphatic heterocycles. The van der Waals surface area contributed by atoms with Gasteiger partial charge >= 0.3 is 5.97 Å². The summed E-state index contributed by atoms with van der Waals surface area (Å²) in [6.45, 7) is 4.06. The highest BCUT2D eigenvalue weighted by Crippen LogP contribution is 2.22. The highest BCUT2D eigenvalue weighted by molar-refractivity contribution is 7.12. The lowest BCUT2D eigenvalue weighted by molar-refractivity contribution is -0.136. The molecule has 0 radical (unpaired) electrons. The number of carbonyl (C=O) groups is 1. The third-order valence-corrected chi connectivity index (χ3v) is 2.92. The minimum Gasteiger partial charge on any atom is -0.481 e. The van der Waals surface area contributed by atoms with Crippen LogP contribution in [-0.2, 0) is 17.6 Å². The molecule has 0 atom stereocenters. The Hall–Kier alpha value is -0.830. The average molecular weight is 184 g/mol. The number of hydrogen-bond donors (Lipinski definition) is 1. The van der Waals surface area contributed by atoms with E-state index in [1.807, 2.05) is 13.0 Å². The first-order valence-electron chi connectivity index (χ1n) is 3.93. The molecule has 0 fully saturated rings. The molecule has 0 saturated heterocycles. The number of hydrogen-bond acceptors (Lipinski definition) is 2. The molecule has 12 heavy (non-hydrogen) atoms. The van der Waals surface area contributed by atoms with Gasteiger partial charge in [-0.2, -0.15) is 0 Å². The Morgan fingerprint density at radius 1 is 1.67 bits per heavy atom. The summed E-state index contributed by atoms with van der Waals surface area (Å²) in [4.78, 5) is 12.9. The molecule has 1 aromatic rings. The maximum absolute atomic E-state index is 10.5. The second-order valence-electron chi connectivity index (χ2n) is 2.73. The number of aryl methyl sites for hydroxylation is 2. The smallest absolute Gasteiger partial charge is 0.307 e. The zero-order valence-corrected chi connectivity index (χ0v) is 8.07. The first-order chi connectivity index (χ1) is 5.63. The molecule has 0 aromatic carbocycles. The zero-order chi connectivity index (χ0) is 9.14. The maximum atomic E-state index is 10.5. The highest BCUT2D eigenvalue weighted by atomic mass is 32.1. The van der Waals surface area contributed by atoms with E-state index in [9.17, 15) is 4.79 Å². The first kappa shape index (κ1) is 9.26. The fraction of sp³-hybridized carbons (Fsp3) is 0.444. The summed E-state index contributed by atoms with van der Waals surface area (Å²) in [7, 11) is 0. The summed E-state index contributed by atoms with van der Waals surface area (Å²) in [5, 5.41) is 8.60. The van der Waals surface area contributed by atoms with E-state index < -0.39 is 5.97 Å². The summed E-state index contributed by atoms with van der Waals surface area (Å²) < 4.78 is 0. The van der Waals surface area contributed by atoms with Gasteiger partial charge in [0.1, 0.15) is 0 Å². The maximum Gasteiger partial charge on any atom is 0.307 e. The van der Waals surface area contributed by atoms with Crippen molar-refractivity contribution in [3.8, 4) is 0 Å². The van der Waals surface area contributed by atoms with Crippen molar-refractivity contribution in [3.05, 3.63) is 21.4 Å². The fourth-order valence-electron chi connectivity index (χ4n) is 1.23. The molecule has 1 heterocycles. The molecule has 2 nitrogen and oxygen atoms in total. The Kier molecular flexibility index (Phi) is 2.87. The van der Waals surface area contributed by atoms with E-state index in [1.54, 1.807) is 11.3 Å². The predicted molar refractivity (Wildman–Crippen MR) is 49.8 cm³/mol. The van der Waals surface area contributed by atoms with Crippen LogP contribution >= 0.6 is 11.3 Å². The van der Waals surface area contributed by atoms with E-state index in [0.717, 1.165) is 12.0 Å². The molecule has 0 saturated carbocycles. The summed E-state index contributed by atoms with van der Waals surface area (Å²) in [6.07, 6.45) is 1.09. The van der Waals surface area contributed by atoms with Crippen LogP contribution < -0.4 is 0 Å². The van der Waals surface area contributed by atoms with Gasteiger partial charge in [0.15, 0.2) is 0 Å².